The van der Waals surface area contributed by atoms with Gasteiger partial charge in [0.05, 0.1) is 17.4 Å². The molecule has 0 bridgehead atoms. The predicted molar refractivity (Wildman–Crippen MR) is 137 cm³/mol. The van der Waals surface area contributed by atoms with Gasteiger partial charge in [0.25, 0.3) is 0 Å². The second kappa shape index (κ2) is 11.1. The molecule has 0 aliphatic heterocycles. The van der Waals surface area contributed by atoms with Crippen molar-refractivity contribution in [2.45, 2.75) is 70.7 Å². The minimum absolute atomic E-state index is 0.144. The number of ether oxygens (including phenoxy) is 1. The Bertz CT molecular complexity index is 1180. The predicted octanol–water partition coefficient (Wildman–Crippen LogP) is 5.95. The molecule has 8 nitrogen and oxygen atoms in total. The summed E-state index contributed by atoms with van der Waals surface area (Å²) in [5, 5.41) is 12.7. The molecular formula is C23H27BrN4O4S2. The molecule has 1 aliphatic rings. The number of fused-ring (bicyclic) bond motifs is 1. The molecule has 11 heteroatoms. The third kappa shape index (κ3) is 5.58. The topological polar surface area (TPSA) is 99.2 Å². The van der Waals surface area contributed by atoms with Crippen molar-refractivity contribution in [2.75, 3.05) is 11.1 Å². The van der Waals surface area contributed by atoms with Crippen LogP contribution in [0, 0.1) is 0 Å². The number of esters is 1. The number of halogens is 1. The fraction of sp³-hybridized carbons (Fsp3) is 0.478. The summed E-state index contributed by atoms with van der Waals surface area (Å²) in [6.07, 6.45) is 4.56. The maximum absolute atomic E-state index is 12.9. The van der Waals surface area contributed by atoms with Crippen LogP contribution in [-0.4, -0.2) is 38.5 Å². The normalized spacial score (nSPS) is 13.2. The Balaban J connectivity index is 1.49. The summed E-state index contributed by atoms with van der Waals surface area (Å²) >= 11 is 6.12. The van der Waals surface area contributed by atoms with Crippen molar-refractivity contribution >= 4 is 55.9 Å². The third-order valence-electron chi connectivity index (χ3n) is 5.26. The van der Waals surface area contributed by atoms with Crippen LogP contribution in [0.15, 0.2) is 26.4 Å². The van der Waals surface area contributed by atoms with Crippen LogP contribution >= 0.6 is 39.0 Å². The average Bonchev–Trinajstić information content (AvgIpc) is 3.48. The monoisotopic (exact) mass is 566 g/mol. The van der Waals surface area contributed by atoms with E-state index in [0.29, 0.717) is 38.5 Å². The fourth-order valence-corrected chi connectivity index (χ4v) is 6.24. The first-order chi connectivity index (χ1) is 16.4. The first kappa shape index (κ1) is 25.0. The first-order valence-corrected chi connectivity index (χ1v) is 13.9. The van der Waals surface area contributed by atoms with Crippen LogP contribution in [0.2, 0.25) is 0 Å². The van der Waals surface area contributed by atoms with Crippen LogP contribution in [0.25, 0.3) is 11.6 Å². The summed E-state index contributed by atoms with van der Waals surface area (Å²) in [6.45, 7) is 6.42. The largest absolute Gasteiger partial charge is 0.459 e. The molecule has 4 rings (SSSR count). The molecule has 182 valence electrons. The van der Waals surface area contributed by atoms with E-state index in [1.165, 1.54) is 28.0 Å². The SMILES string of the molecule is CCCn1c(SCC(=O)Nc2sc3c(c2C(=O)OC(C)C)CCCC3)nnc1-c1ccc(Br)o1. The van der Waals surface area contributed by atoms with Gasteiger partial charge in [-0.15, -0.1) is 21.5 Å². The highest BCUT2D eigenvalue weighted by molar-refractivity contribution is 9.10. The highest BCUT2D eigenvalue weighted by Gasteiger charge is 2.28. The lowest BCUT2D eigenvalue weighted by Gasteiger charge is -2.14. The second-order valence-electron chi connectivity index (χ2n) is 8.27. The Morgan fingerprint density at radius 1 is 1.29 bits per heavy atom. The summed E-state index contributed by atoms with van der Waals surface area (Å²) in [7, 11) is 0. The van der Waals surface area contributed by atoms with Gasteiger partial charge in [0, 0.05) is 11.4 Å². The molecule has 0 unspecified atom stereocenters. The summed E-state index contributed by atoms with van der Waals surface area (Å²) in [5.74, 6) is 0.816. The number of anilines is 1. The number of nitrogens with zero attached hydrogens (tertiary/aromatic N) is 3. The lowest BCUT2D eigenvalue weighted by atomic mass is 9.95. The molecule has 0 aromatic carbocycles. The van der Waals surface area contributed by atoms with Gasteiger partial charge in [0.1, 0.15) is 5.00 Å². The molecule has 1 N–H and O–H groups in total. The van der Waals surface area contributed by atoms with E-state index in [2.05, 4.69) is 38.4 Å². The Kier molecular flexibility index (Phi) is 8.15. The number of hydrogen-bond acceptors (Lipinski definition) is 8. The van der Waals surface area contributed by atoms with Crippen LogP contribution in [0.3, 0.4) is 0 Å². The molecule has 0 radical (unpaired) electrons. The van der Waals surface area contributed by atoms with Crippen LogP contribution in [0.5, 0.6) is 0 Å². The number of rotatable bonds is 9. The van der Waals surface area contributed by atoms with Crippen molar-refractivity contribution in [1.82, 2.24) is 14.8 Å². The minimum Gasteiger partial charge on any atom is -0.459 e. The number of thioether (sulfide) groups is 1. The number of aryl methyl sites for hydroxylation is 1. The van der Waals surface area contributed by atoms with E-state index < -0.39 is 0 Å². The van der Waals surface area contributed by atoms with E-state index in [9.17, 15) is 9.59 Å². The molecular weight excluding hydrogens is 540 g/mol. The second-order valence-corrected chi connectivity index (χ2v) is 11.1. The van der Waals surface area contributed by atoms with Gasteiger partial charge >= 0.3 is 5.97 Å². The number of furan rings is 1. The van der Waals surface area contributed by atoms with Crippen LogP contribution in [-0.2, 0) is 28.9 Å². The highest BCUT2D eigenvalue weighted by Crippen LogP contribution is 2.39. The fourth-order valence-electron chi connectivity index (χ4n) is 3.87. The number of carbonyl (C=O) groups is 2. The zero-order valence-electron chi connectivity index (χ0n) is 19.4. The summed E-state index contributed by atoms with van der Waals surface area (Å²) in [4.78, 5) is 26.9. The Morgan fingerprint density at radius 2 is 2.09 bits per heavy atom. The Morgan fingerprint density at radius 3 is 2.79 bits per heavy atom. The molecule has 3 aromatic heterocycles. The summed E-state index contributed by atoms with van der Waals surface area (Å²) in [6, 6.07) is 3.64. The van der Waals surface area contributed by atoms with E-state index >= 15 is 0 Å². The van der Waals surface area contributed by atoms with Crippen molar-refractivity contribution in [2.24, 2.45) is 0 Å². The summed E-state index contributed by atoms with van der Waals surface area (Å²) < 4.78 is 13.7. The van der Waals surface area contributed by atoms with Gasteiger partial charge in [-0.1, -0.05) is 18.7 Å². The summed E-state index contributed by atoms with van der Waals surface area (Å²) in [5.41, 5.74) is 1.55. The van der Waals surface area contributed by atoms with E-state index in [4.69, 9.17) is 9.15 Å². The molecule has 3 aromatic rings. The molecule has 3 heterocycles. The van der Waals surface area contributed by atoms with Gasteiger partial charge in [0.15, 0.2) is 15.6 Å². The van der Waals surface area contributed by atoms with E-state index in [1.807, 2.05) is 30.5 Å². The van der Waals surface area contributed by atoms with Gasteiger partial charge in [0.2, 0.25) is 11.7 Å². The van der Waals surface area contributed by atoms with Gasteiger partial charge in [-0.25, -0.2) is 4.79 Å². The van der Waals surface area contributed by atoms with E-state index in [-0.39, 0.29) is 23.7 Å². The Hall–Kier alpha value is -2.11. The quantitative estimate of drug-likeness (QED) is 0.252. The average molecular weight is 568 g/mol. The van der Waals surface area contributed by atoms with Gasteiger partial charge in [-0.05, 0) is 79.6 Å². The molecule has 1 aliphatic carbocycles. The van der Waals surface area contributed by atoms with Gasteiger partial charge in [-0.3, -0.25) is 9.36 Å². The van der Waals surface area contributed by atoms with Crippen LogP contribution < -0.4 is 5.32 Å². The van der Waals surface area contributed by atoms with E-state index in [0.717, 1.165) is 37.7 Å². The maximum Gasteiger partial charge on any atom is 0.341 e. The van der Waals surface area contributed by atoms with Crippen molar-refractivity contribution in [1.29, 1.82) is 0 Å². The molecule has 34 heavy (non-hydrogen) atoms. The third-order valence-corrected chi connectivity index (χ3v) is 7.86. The minimum atomic E-state index is -0.366. The van der Waals surface area contributed by atoms with Crippen molar-refractivity contribution in [3.8, 4) is 11.6 Å². The molecule has 0 spiro atoms. The number of hydrogen-bond donors (Lipinski definition) is 1. The van der Waals surface area contributed by atoms with Crippen molar-refractivity contribution in [3.05, 3.63) is 32.8 Å². The van der Waals surface area contributed by atoms with Crippen molar-refractivity contribution < 1.29 is 18.7 Å². The molecule has 0 saturated carbocycles. The standard InChI is InChI=1S/C23H27BrN4O4S2/c1-4-11-28-20(15-9-10-17(24)32-15)26-27-23(28)33-12-18(29)25-21-19(22(30)31-13(2)3)14-7-5-6-8-16(14)34-21/h9-10,13H,4-8,11-12H2,1-3H3,(H,25,29). The smallest absolute Gasteiger partial charge is 0.341 e. The zero-order valence-corrected chi connectivity index (χ0v) is 22.6. The van der Waals surface area contributed by atoms with E-state index in [1.54, 1.807) is 0 Å². The molecule has 0 atom stereocenters. The molecule has 0 fully saturated rings. The maximum atomic E-state index is 12.9. The number of nitrogens with one attached hydrogen (secondary N) is 1. The van der Waals surface area contributed by atoms with Crippen molar-refractivity contribution in [3.63, 3.8) is 0 Å². The lowest BCUT2D eigenvalue weighted by molar-refractivity contribution is -0.113. The van der Waals surface area contributed by atoms with Crippen LogP contribution in [0.4, 0.5) is 5.00 Å². The number of carbonyl (C=O) groups excluding carboxylic acids is 2. The van der Waals surface area contributed by atoms with Gasteiger partial charge in [-0.2, -0.15) is 0 Å². The number of thiophene rings is 1. The molecule has 0 saturated heterocycles. The van der Waals surface area contributed by atoms with Crippen LogP contribution in [0.1, 0.15) is 60.8 Å². The first-order valence-electron chi connectivity index (χ1n) is 11.3. The lowest BCUT2D eigenvalue weighted by Crippen LogP contribution is -2.19. The number of aromatic nitrogens is 3. The zero-order chi connectivity index (χ0) is 24.2. The number of amides is 1. The molecule has 1 amide bonds. The van der Waals surface area contributed by atoms with Gasteiger partial charge < -0.3 is 14.5 Å². The highest BCUT2D eigenvalue weighted by atomic mass is 79.9. The Labute approximate surface area is 215 Å².